The number of carbonyl (C=O) groups is 1. The fourth-order valence-electron chi connectivity index (χ4n) is 1.12. The first-order valence-corrected chi connectivity index (χ1v) is 5.55. The lowest BCUT2D eigenvalue weighted by Gasteiger charge is -2.31. The molecule has 1 amide bonds. The van der Waals surface area contributed by atoms with Crippen molar-refractivity contribution in [2.45, 2.75) is 52.4 Å². The Morgan fingerprint density at radius 3 is 2.25 bits per heavy atom. The Labute approximate surface area is 97.6 Å². The number of rotatable bonds is 4. The molecular weight excluding hydrogens is 208 g/mol. The largest absolute Gasteiger partial charge is 0.444 e. The number of nitrogens with zero attached hydrogens (tertiary/aromatic N) is 1. The zero-order valence-electron chi connectivity index (χ0n) is 10.9. The van der Waals surface area contributed by atoms with Gasteiger partial charge in [-0.3, -0.25) is 0 Å². The molecule has 0 unspecified atom stereocenters. The van der Waals surface area contributed by atoms with Gasteiger partial charge in [-0.1, -0.05) is 0 Å². The molecule has 0 aliphatic rings. The lowest BCUT2D eigenvalue weighted by Crippen LogP contribution is -2.46. The van der Waals surface area contributed by atoms with Crippen LogP contribution in [0.5, 0.6) is 0 Å². The van der Waals surface area contributed by atoms with E-state index in [4.69, 9.17) is 10.5 Å². The van der Waals surface area contributed by atoms with Crippen molar-refractivity contribution in [1.29, 1.82) is 0 Å². The SMILES string of the molecule is CC(C)N(C[C@@H](O)CN)C(=O)OC(C)(C)C. The predicted molar refractivity (Wildman–Crippen MR) is 63.1 cm³/mol. The van der Waals surface area contributed by atoms with Crippen LogP contribution in [0, 0.1) is 0 Å². The van der Waals surface area contributed by atoms with Crippen molar-refractivity contribution in [3.05, 3.63) is 0 Å². The van der Waals surface area contributed by atoms with Gasteiger partial charge in [0.2, 0.25) is 0 Å². The van der Waals surface area contributed by atoms with Crippen LogP contribution in [0.1, 0.15) is 34.6 Å². The first-order chi connectivity index (χ1) is 7.17. The van der Waals surface area contributed by atoms with Gasteiger partial charge in [0.25, 0.3) is 0 Å². The molecule has 0 heterocycles. The summed E-state index contributed by atoms with van der Waals surface area (Å²) in [5.41, 5.74) is 4.79. The molecule has 0 aliphatic heterocycles. The molecule has 0 aromatic heterocycles. The van der Waals surface area contributed by atoms with E-state index in [-0.39, 0.29) is 19.1 Å². The molecule has 0 rings (SSSR count). The van der Waals surface area contributed by atoms with Crippen LogP contribution in [-0.4, -0.2) is 46.9 Å². The lowest BCUT2D eigenvalue weighted by molar-refractivity contribution is 0.00838. The van der Waals surface area contributed by atoms with Gasteiger partial charge >= 0.3 is 6.09 Å². The summed E-state index contributed by atoms with van der Waals surface area (Å²) in [6.45, 7) is 9.49. The van der Waals surface area contributed by atoms with E-state index >= 15 is 0 Å². The minimum atomic E-state index is -0.713. The van der Waals surface area contributed by atoms with Crippen molar-refractivity contribution in [2.24, 2.45) is 5.73 Å². The number of carbonyl (C=O) groups excluding carboxylic acids is 1. The first kappa shape index (κ1) is 15.2. The van der Waals surface area contributed by atoms with Gasteiger partial charge in [0, 0.05) is 12.6 Å². The number of ether oxygens (including phenoxy) is 1. The normalized spacial score (nSPS) is 13.8. The summed E-state index contributed by atoms with van der Waals surface area (Å²) in [7, 11) is 0. The van der Waals surface area contributed by atoms with Gasteiger partial charge in [0.15, 0.2) is 0 Å². The van der Waals surface area contributed by atoms with E-state index in [9.17, 15) is 9.90 Å². The average molecular weight is 232 g/mol. The maximum Gasteiger partial charge on any atom is 0.410 e. The Bertz CT molecular complexity index is 224. The van der Waals surface area contributed by atoms with E-state index in [1.807, 2.05) is 34.6 Å². The average Bonchev–Trinajstić information content (AvgIpc) is 2.09. The number of amides is 1. The van der Waals surface area contributed by atoms with Crippen molar-refractivity contribution in [2.75, 3.05) is 13.1 Å². The number of aliphatic hydroxyl groups excluding tert-OH is 1. The topological polar surface area (TPSA) is 75.8 Å². The molecule has 3 N–H and O–H groups in total. The molecule has 1 atom stereocenters. The highest BCUT2D eigenvalue weighted by atomic mass is 16.6. The highest BCUT2D eigenvalue weighted by Gasteiger charge is 2.25. The Kier molecular flexibility index (Phi) is 5.75. The van der Waals surface area contributed by atoms with Crippen LogP contribution in [-0.2, 0) is 4.74 Å². The summed E-state index contributed by atoms with van der Waals surface area (Å²) in [6, 6.07) is -0.0314. The zero-order valence-corrected chi connectivity index (χ0v) is 10.9. The van der Waals surface area contributed by atoms with E-state index in [2.05, 4.69) is 0 Å². The molecule has 0 aliphatic carbocycles. The molecule has 0 saturated heterocycles. The Balaban J connectivity index is 4.48. The minimum Gasteiger partial charge on any atom is -0.444 e. The van der Waals surface area contributed by atoms with E-state index in [1.165, 1.54) is 4.90 Å². The maximum absolute atomic E-state index is 11.8. The van der Waals surface area contributed by atoms with Crippen molar-refractivity contribution >= 4 is 6.09 Å². The molecule has 0 aromatic carbocycles. The van der Waals surface area contributed by atoms with Crippen LogP contribution >= 0.6 is 0 Å². The second kappa shape index (κ2) is 6.06. The summed E-state index contributed by atoms with van der Waals surface area (Å²) in [5, 5.41) is 9.45. The smallest absolute Gasteiger partial charge is 0.410 e. The molecule has 0 aromatic rings. The summed E-state index contributed by atoms with van der Waals surface area (Å²) in [6.07, 6.45) is -1.13. The molecular formula is C11H24N2O3. The third-order valence-corrected chi connectivity index (χ3v) is 1.93. The van der Waals surface area contributed by atoms with E-state index < -0.39 is 17.8 Å². The highest BCUT2D eigenvalue weighted by Crippen LogP contribution is 2.12. The second-order valence-electron chi connectivity index (χ2n) is 5.12. The van der Waals surface area contributed by atoms with Crippen molar-refractivity contribution in [3.63, 3.8) is 0 Å². The van der Waals surface area contributed by atoms with E-state index in [1.54, 1.807) is 0 Å². The maximum atomic E-state index is 11.8. The van der Waals surface area contributed by atoms with Crippen LogP contribution in [0.3, 0.4) is 0 Å². The number of hydrogen-bond donors (Lipinski definition) is 2. The molecule has 0 fully saturated rings. The molecule has 0 bridgehead atoms. The van der Waals surface area contributed by atoms with Gasteiger partial charge in [0.05, 0.1) is 12.6 Å². The quantitative estimate of drug-likeness (QED) is 0.756. The second-order valence-corrected chi connectivity index (χ2v) is 5.12. The Hall–Kier alpha value is -0.810. The molecule has 0 radical (unpaired) electrons. The molecule has 0 spiro atoms. The predicted octanol–water partition coefficient (Wildman–Crippen LogP) is 0.952. The Morgan fingerprint density at radius 2 is 1.94 bits per heavy atom. The number of nitrogens with two attached hydrogens (primary N) is 1. The fourth-order valence-corrected chi connectivity index (χ4v) is 1.12. The van der Waals surface area contributed by atoms with Crippen LogP contribution in [0.15, 0.2) is 0 Å². The van der Waals surface area contributed by atoms with Crippen molar-refractivity contribution in [1.82, 2.24) is 4.90 Å². The number of hydrogen-bond acceptors (Lipinski definition) is 4. The summed E-state index contributed by atoms with van der Waals surface area (Å²) >= 11 is 0. The van der Waals surface area contributed by atoms with Crippen LogP contribution in [0.4, 0.5) is 4.79 Å². The van der Waals surface area contributed by atoms with Crippen LogP contribution in [0.25, 0.3) is 0 Å². The first-order valence-electron chi connectivity index (χ1n) is 5.55. The molecule has 16 heavy (non-hydrogen) atoms. The summed E-state index contributed by atoms with van der Waals surface area (Å²) in [4.78, 5) is 13.3. The van der Waals surface area contributed by atoms with Gasteiger partial charge in [0.1, 0.15) is 5.60 Å². The van der Waals surface area contributed by atoms with E-state index in [0.717, 1.165) is 0 Å². The lowest BCUT2D eigenvalue weighted by atomic mass is 10.2. The van der Waals surface area contributed by atoms with Crippen molar-refractivity contribution < 1.29 is 14.6 Å². The zero-order chi connectivity index (χ0) is 12.9. The van der Waals surface area contributed by atoms with E-state index in [0.29, 0.717) is 0 Å². The summed E-state index contributed by atoms with van der Waals surface area (Å²) in [5.74, 6) is 0. The molecule has 0 saturated carbocycles. The van der Waals surface area contributed by atoms with Gasteiger partial charge < -0.3 is 20.5 Å². The molecule has 5 heteroatoms. The van der Waals surface area contributed by atoms with Gasteiger partial charge in [-0.05, 0) is 34.6 Å². The van der Waals surface area contributed by atoms with Gasteiger partial charge in [-0.25, -0.2) is 4.79 Å². The fraction of sp³-hybridized carbons (Fsp3) is 0.909. The van der Waals surface area contributed by atoms with Crippen LogP contribution in [0.2, 0.25) is 0 Å². The monoisotopic (exact) mass is 232 g/mol. The number of aliphatic hydroxyl groups is 1. The third kappa shape index (κ3) is 5.92. The third-order valence-electron chi connectivity index (χ3n) is 1.93. The standard InChI is InChI=1S/C11H24N2O3/c1-8(2)13(7-9(14)6-12)10(15)16-11(3,4)5/h8-9,14H,6-7,12H2,1-5H3/t9-/m0/s1. The minimum absolute atomic E-state index is 0.0314. The van der Waals surface area contributed by atoms with Crippen LogP contribution < -0.4 is 5.73 Å². The summed E-state index contributed by atoms with van der Waals surface area (Å²) < 4.78 is 5.24. The van der Waals surface area contributed by atoms with Gasteiger partial charge in [-0.2, -0.15) is 0 Å². The van der Waals surface area contributed by atoms with Crippen molar-refractivity contribution in [3.8, 4) is 0 Å². The van der Waals surface area contributed by atoms with Gasteiger partial charge in [-0.15, -0.1) is 0 Å². The highest BCUT2D eigenvalue weighted by molar-refractivity contribution is 5.68. The molecule has 96 valence electrons. The molecule has 5 nitrogen and oxygen atoms in total. The Morgan fingerprint density at radius 1 is 1.44 bits per heavy atom.